The highest BCUT2D eigenvalue weighted by Crippen LogP contribution is 2.40. The van der Waals surface area contributed by atoms with Crippen molar-refractivity contribution in [3.05, 3.63) is 99.5 Å². The number of pyridine rings is 1. The van der Waals surface area contributed by atoms with E-state index in [1.807, 2.05) is 26.0 Å². The van der Waals surface area contributed by atoms with Crippen LogP contribution in [0.4, 0.5) is 8.78 Å². The molecule has 2 aromatic heterocycles. The zero-order valence-corrected chi connectivity index (χ0v) is 24.3. The molecule has 224 valence electrons. The van der Waals surface area contributed by atoms with E-state index >= 15 is 0 Å². The number of hydrogen-bond donors (Lipinski definition) is 3. The summed E-state index contributed by atoms with van der Waals surface area (Å²) in [5.41, 5.74) is 3.68. The normalized spacial score (nSPS) is 12.1. The third kappa shape index (κ3) is 6.37. The molecule has 0 bridgehead atoms. The van der Waals surface area contributed by atoms with Gasteiger partial charge in [0.2, 0.25) is 11.3 Å². The molecule has 0 saturated carbocycles. The summed E-state index contributed by atoms with van der Waals surface area (Å²) in [5.74, 6) is -0.648. The Morgan fingerprint density at radius 2 is 1.72 bits per heavy atom. The van der Waals surface area contributed by atoms with Crippen molar-refractivity contribution in [3.63, 3.8) is 0 Å². The SMILES string of the molecule is Cc1cc(-c2cc3c(=O)n(C)cc(-c4cc(CNS(=O)O)ccc4Oc4ccc(F)cc4F)c3o2)cc(C)c1OCCO. The van der Waals surface area contributed by atoms with Gasteiger partial charge in [0.15, 0.2) is 11.6 Å². The third-order valence-corrected chi connectivity index (χ3v) is 7.17. The molecule has 12 heteroatoms. The van der Waals surface area contributed by atoms with Gasteiger partial charge in [0.05, 0.1) is 12.0 Å². The Balaban J connectivity index is 1.68. The van der Waals surface area contributed by atoms with Crippen molar-refractivity contribution < 1.29 is 36.5 Å². The number of ether oxygens (including phenoxy) is 2. The molecule has 1 atom stereocenters. The minimum Gasteiger partial charge on any atom is -0.491 e. The standard InChI is InChI=1S/C31H28F2N2O7S/c1-17-10-20(11-18(2)29(17)40-9-8-36)28-14-23-30(42-28)24(16-35(3)31(23)37)22-12-19(15-34-43(38)39)4-6-26(22)41-27-7-5-21(32)13-25(27)33/h4-7,10-14,16,34,36H,8-9,15H2,1-3H3,(H,38,39). The predicted molar refractivity (Wildman–Crippen MR) is 158 cm³/mol. The Labute approximate surface area is 247 Å². The first-order chi connectivity index (χ1) is 20.5. The molecule has 43 heavy (non-hydrogen) atoms. The fraction of sp³-hybridized carbons (Fsp3) is 0.194. The van der Waals surface area contributed by atoms with E-state index in [-0.39, 0.29) is 47.8 Å². The van der Waals surface area contributed by atoms with E-state index in [0.717, 1.165) is 17.2 Å². The molecule has 0 aliphatic heterocycles. The van der Waals surface area contributed by atoms with Crippen molar-refractivity contribution in [1.29, 1.82) is 0 Å². The van der Waals surface area contributed by atoms with Crippen molar-refractivity contribution in [2.24, 2.45) is 7.05 Å². The maximum Gasteiger partial charge on any atom is 0.261 e. The first-order valence-corrected chi connectivity index (χ1v) is 14.3. The van der Waals surface area contributed by atoms with Gasteiger partial charge in [-0.3, -0.25) is 9.35 Å². The van der Waals surface area contributed by atoms with Crippen LogP contribution < -0.4 is 19.8 Å². The van der Waals surface area contributed by atoms with Crippen LogP contribution in [0.3, 0.4) is 0 Å². The lowest BCUT2D eigenvalue weighted by molar-refractivity contribution is 0.200. The highest BCUT2D eigenvalue weighted by atomic mass is 32.2. The number of hydrogen-bond acceptors (Lipinski definition) is 6. The zero-order chi connectivity index (χ0) is 30.8. The number of fused-ring (bicyclic) bond motifs is 1. The second kappa shape index (κ2) is 12.5. The summed E-state index contributed by atoms with van der Waals surface area (Å²) in [4.78, 5) is 13.2. The second-order valence-corrected chi connectivity index (χ2v) is 10.7. The van der Waals surface area contributed by atoms with Gasteiger partial charge in [-0.05, 0) is 73.0 Å². The predicted octanol–water partition coefficient (Wildman–Crippen LogP) is 5.75. The second-order valence-electron chi connectivity index (χ2n) is 9.90. The molecule has 9 nitrogen and oxygen atoms in total. The summed E-state index contributed by atoms with van der Waals surface area (Å²) >= 11 is -2.27. The molecule has 0 amide bonds. The maximum atomic E-state index is 14.6. The molecule has 0 spiro atoms. The van der Waals surface area contributed by atoms with Crippen LogP contribution in [0.2, 0.25) is 0 Å². The van der Waals surface area contributed by atoms with Gasteiger partial charge in [-0.2, -0.15) is 0 Å². The molecule has 5 aromatic rings. The van der Waals surface area contributed by atoms with Crippen molar-refractivity contribution >= 4 is 22.2 Å². The number of halogens is 2. The van der Waals surface area contributed by atoms with Gasteiger partial charge in [-0.1, -0.05) is 6.07 Å². The van der Waals surface area contributed by atoms with E-state index < -0.39 is 22.9 Å². The lowest BCUT2D eigenvalue weighted by Gasteiger charge is -2.15. The smallest absolute Gasteiger partial charge is 0.261 e. The van der Waals surface area contributed by atoms with Gasteiger partial charge in [-0.25, -0.2) is 17.7 Å². The summed E-state index contributed by atoms with van der Waals surface area (Å²) in [7, 11) is 1.58. The van der Waals surface area contributed by atoms with Crippen LogP contribution >= 0.6 is 0 Å². The molecule has 0 radical (unpaired) electrons. The highest BCUT2D eigenvalue weighted by Gasteiger charge is 2.21. The first-order valence-electron chi connectivity index (χ1n) is 13.1. The number of nitrogens with one attached hydrogen (secondary N) is 1. The molecule has 0 aliphatic rings. The Morgan fingerprint density at radius 3 is 2.40 bits per heavy atom. The van der Waals surface area contributed by atoms with E-state index in [2.05, 4.69) is 4.72 Å². The van der Waals surface area contributed by atoms with Gasteiger partial charge in [0, 0.05) is 42.5 Å². The highest BCUT2D eigenvalue weighted by molar-refractivity contribution is 7.77. The zero-order valence-electron chi connectivity index (χ0n) is 23.4. The Morgan fingerprint density at radius 1 is 1.00 bits per heavy atom. The average molecular weight is 611 g/mol. The lowest BCUT2D eigenvalue weighted by Crippen LogP contribution is -2.16. The van der Waals surface area contributed by atoms with Crippen LogP contribution in [0.1, 0.15) is 16.7 Å². The molecule has 1 unspecified atom stereocenters. The maximum absolute atomic E-state index is 14.6. The molecule has 0 fully saturated rings. The minimum absolute atomic E-state index is 0.0167. The van der Waals surface area contributed by atoms with Crippen molar-refractivity contribution in [1.82, 2.24) is 9.29 Å². The number of aryl methyl sites for hydroxylation is 3. The number of benzene rings is 3. The average Bonchev–Trinajstić information content (AvgIpc) is 3.41. The van der Waals surface area contributed by atoms with Gasteiger partial charge >= 0.3 is 0 Å². The van der Waals surface area contributed by atoms with Crippen LogP contribution in [0.15, 0.2) is 70.0 Å². The number of nitrogens with zero attached hydrogens (tertiary/aromatic N) is 1. The molecule has 3 N–H and O–H groups in total. The number of furan rings is 1. The first kappa shape index (κ1) is 30.1. The summed E-state index contributed by atoms with van der Waals surface area (Å²) in [5, 5.41) is 9.43. The molecule has 0 aliphatic carbocycles. The topological polar surface area (TPSA) is 123 Å². The van der Waals surface area contributed by atoms with E-state index in [1.54, 1.807) is 37.5 Å². The summed E-state index contributed by atoms with van der Waals surface area (Å²) in [6.45, 7) is 3.79. The van der Waals surface area contributed by atoms with Crippen LogP contribution in [0.5, 0.6) is 17.2 Å². The molecule has 2 heterocycles. The number of aromatic nitrogens is 1. The van der Waals surface area contributed by atoms with Crippen LogP contribution in [-0.4, -0.2) is 31.6 Å². The van der Waals surface area contributed by atoms with Crippen LogP contribution in [-0.2, 0) is 24.9 Å². The largest absolute Gasteiger partial charge is 0.491 e. The summed E-state index contributed by atoms with van der Waals surface area (Å²) < 4.78 is 70.2. The van der Waals surface area contributed by atoms with Crippen molar-refractivity contribution in [3.8, 4) is 39.7 Å². The van der Waals surface area contributed by atoms with E-state index in [9.17, 15) is 22.3 Å². The molecule has 5 rings (SSSR count). The summed E-state index contributed by atoms with van der Waals surface area (Å²) in [6.07, 6.45) is 1.56. The fourth-order valence-corrected chi connectivity index (χ4v) is 5.15. The minimum atomic E-state index is -2.27. The van der Waals surface area contributed by atoms with E-state index in [0.29, 0.717) is 39.8 Å². The van der Waals surface area contributed by atoms with Crippen LogP contribution in [0, 0.1) is 25.5 Å². The Bertz CT molecular complexity index is 1900. The molecular weight excluding hydrogens is 582 g/mol. The van der Waals surface area contributed by atoms with Gasteiger partial charge in [0.25, 0.3) is 5.56 Å². The lowest BCUT2D eigenvalue weighted by atomic mass is 10.0. The number of rotatable bonds is 10. The van der Waals surface area contributed by atoms with Crippen molar-refractivity contribution in [2.75, 3.05) is 13.2 Å². The fourth-order valence-electron chi connectivity index (χ4n) is 4.86. The molecule has 0 saturated heterocycles. The monoisotopic (exact) mass is 610 g/mol. The van der Waals surface area contributed by atoms with Gasteiger partial charge in [0.1, 0.15) is 35.3 Å². The molecule has 3 aromatic carbocycles. The summed E-state index contributed by atoms with van der Waals surface area (Å²) in [6, 6.07) is 13.1. The molecular formula is C31H28F2N2O7S. The van der Waals surface area contributed by atoms with Crippen molar-refractivity contribution in [2.45, 2.75) is 20.4 Å². The van der Waals surface area contributed by atoms with Crippen LogP contribution in [0.25, 0.3) is 33.4 Å². The quantitative estimate of drug-likeness (QED) is 0.172. The van der Waals surface area contributed by atoms with Gasteiger partial charge in [-0.15, -0.1) is 0 Å². The third-order valence-electron chi connectivity index (χ3n) is 6.78. The number of aliphatic hydroxyl groups is 1. The van der Waals surface area contributed by atoms with Gasteiger partial charge < -0.3 is 23.6 Å². The number of aliphatic hydroxyl groups excluding tert-OH is 1. The van der Waals surface area contributed by atoms with E-state index in [1.165, 1.54) is 10.6 Å². The Kier molecular flexibility index (Phi) is 8.74. The van der Waals surface area contributed by atoms with E-state index in [4.69, 9.17) is 19.0 Å². The Hall–Kier alpha value is -4.36.